The summed E-state index contributed by atoms with van der Waals surface area (Å²) < 4.78 is 15.4. The van der Waals surface area contributed by atoms with Crippen molar-refractivity contribution in [2.45, 2.75) is 16.7 Å². The molecule has 0 aromatic heterocycles. The molecule has 0 aromatic carbocycles. The first-order chi connectivity index (χ1) is 7.53. The molecule has 0 heterocycles. The molecule has 0 amide bonds. The van der Waals surface area contributed by atoms with Gasteiger partial charge in [-0.05, 0) is 0 Å². The van der Waals surface area contributed by atoms with E-state index in [1.807, 2.05) is 0 Å². The molecule has 0 saturated carbocycles. The second kappa shape index (κ2) is 10.7. The van der Waals surface area contributed by atoms with Crippen molar-refractivity contribution in [1.29, 1.82) is 0 Å². The number of rotatable bonds is 9. The van der Waals surface area contributed by atoms with E-state index in [1.54, 1.807) is 0 Å². The second-order valence-electron chi connectivity index (χ2n) is 2.30. The van der Waals surface area contributed by atoms with Crippen LogP contribution in [0.3, 0.4) is 0 Å². The molecule has 0 aliphatic rings. The van der Waals surface area contributed by atoms with Gasteiger partial charge in [0.05, 0.1) is 17.6 Å². The van der Waals surface area contributed by atoms with E-state index in [9.17, 15) is 0 Å². The zero-order valence-corrected chi connectivity index (χ0v) is 13.4. The Morgan fingerprint density at radius 3 is 1.12 bits per heavy atom. The zero-order valence-electron chi connectivity index (χ0n) is 7.85. The topological polar surface area (TPSA) is 27.7 Å². The summed E-state index contributed by atoms with van der Waals surface area (Å²) in [5, 5.41) is 0. The summed E-state index contributed by atoms with van der Waals surface area (Å²) in [6.45, 7) is 0. The first-order valence-electron chi connectivity index (χ1n) is 4.00. The summed E-state index contributed by atoms with van der Waals surface area (Å²) in [4.78, 5) is 0. The van der Waals surface area contributed by atoms with Gasteiger partial charge in [-0.15, -0.1) is 34.8 Å². The average Bonchev–Trinajstić information content (AvgIpc) is 2.28. The fourth-order valence-corrected chi connectivity index (χ4v) is 2.69. The van der Waals surface area contributed by atoms with Crippen LogP contribution in [-0.4, -0.2) is 43.9 Å². The molecule has 0 bridgehead atoms. The highest BCUT2D eigenvalue weighted by atomic mass is 35.5. The van der Waals surface area contributed by atoms with Gasteiger partial charge in [-0.25, -0.2) is 0 Å². The normalized spacial score (nSPS) is 17.4. The molecule has 3 nitrogen and oxygen atoms in total. The van der Waals surface area contributed by atoms with Crippen molar-refractivity contribution < 1.29 is 13.3 Å². The third-order valence-corrected chi connectivity index (χ3v) is 4.96. The molecule has 0 aliphatic heterocycles. The molecule has 3 unspecified atom stereocenters. The van der Waals surface area contributed by atoms with E-state index >= 15 is 0 Å². The van der Waals surface area contributed by atoms with Gasteiger partial charge in [-0.3, -0.25) is 0 Å². The van der Waals surface area contributed by atoms with Gasteiger partial charge in [0.25, 0.3) is 0 Å². The lowest BCUT2D eigenvalue weighted by Crippen LogP contribution is -2.36. The van der Waals surface area contributed by atoms with Crippen molar-refractivity contribution in [2.24, 2.45) is 0 Å². The Balaban J connectivity index is 4.15. The second-order valence-corrected chi connectivity index (χ2v) is 5.89. The Labute approximate surface area is 126 Å². The summed E-state index contributed by atoms with van der Waals surface area (Å²) in [7, 11) is -2.23. The van der Waals surface area contributed by atoms with Crippen molar-refractivity contribution in [2.75, 3.05) is 17.6 Å². The lowest BCUT2D eigenvalue weighted by molar-refractivity contribution is 0.0778. The fraction of sp³-hybridized carbons (Fsp3) is 1.00. The fourth-order valence-electron chi connectivity index (χ4n) is 0.491. The molecule has 1 radical (unpaired) electrons. The van der Waals surface area contributed by atoms with Crippen LogP contribution in [-0.2, 0) is 13.3 Å². The standard InChI is InChI=1S/C6H9Cl6O3Si/c7-1-4(10)13-16(14-5(11)2-8)15-6(12)3-9/h4-6H,1-3H2. The van der Waals surface area contributed by atoms with Gasteiger partial charge in [0, 0.05) is 0 Å². The van der Waals surface area contributed by atoms with Crippen LogP contribution < -0.4 is 0 Å². The minimum atomic E-state index is -2.23. The van der Waals surface area contributed by atoms with Gasteiger partial charge in [0.1, 0.15) is 16.7 Å². The molecule has 0 fully saturated rings. The zero-order chi connectivity index (χ0) is 12.6. The van der Waals surface area contributed by atoms with Crippen LogP contribution in [0, 0.1) is 0 Å². The SMILES string of the molecule is ClCC(Cl)O[Si](OC(Cl)CCl)OC(Cl)CCl. The lowest BCUT2D eigenvalue weighted by atomic mass is 10.9. The van der Waals surface area contributed by atoms with E-state index in [0.29, 0.717) is 0 Å². The van der Waals surface area contributed by atoms with Crippen LogP contribution in [0.1, 0.15) is 0 Å². The molecule has 0 aromatic rings. The monoisotopic (exact) mass is 367 g/mol. The van der Waals surface area contributed by atoms with E-state index in [0.717, 1.165) is 0 Å². The van der Waals surface area contributed by atoms with Crippen LogP contribution >= 0.6 is 69.6 Å². The average molecular weight is 370 g/mol. The summed E-state index contributed by atoms with van der Waals surface area (Å²) in [5.74, 6) is 0.221. The molecule has 0 saturated heterocycles. The minimum Gasteiger partial charge on any atom is -0.353 e. The Morgan fingerprint density at radius 1 is 0.688 bits per heavy atom. The van der Waals surface area contributed by atoms with Gasteiger partial charge in [-0.2, -0.15) is 0 Å². The lowest BCUT2D eigenvalue weighted by Gasteiger charge is -2.20. The molecule has 0 spiro atoms. The molecule has 10 heteroatoms. The Morgan fingerprint density at radius 2 is 0.938 bits per heavy atom. The van der Waals surface area contributed by atoms with Crippen molar-refractivity contribution in [3.63, 3.8) is 0 Å². The largest absolute Gasteiger partial charge is 0.581 e. The molecule has 97 valence electrons. The van der Waals surface area contributed by atoms with E-state index in [2.05, 4.69) is 0 Å². The van der Waals surface area contributed by atoms with Crippen LogP contribution in [0.5, 0.6) is 0 Å². The number of halogens is 6. The van der Waals surface area contributed by atoms with E-state index in [-0.39, 0.29) is 17.6 Å². The van der Waals surface area contributed by atoms with Crippen LogP contribution in [0.2, 0.25) is 0 Å². The van der Waals surface area contributed by atoms with E-state index in [4.69, 9.17) is 82.9 Å². The summed E-state index contributed by atoms with van der Waals surface area (Å²) >= 11 is 33.4. The highest BCUT2D eigenvalue weighted by Crippen LogP contribution is 2.13. The van der Waals surface area contributed by atoms with Crippen molar-refractivity contribution in [3.8, 4) is 0 Å². The molecule has 0 N–H and O–H groups in total. The van der Waals surface area contributed by atoms with Crippen LogP contribution in [0.15, 0.2) is 0 Å². The quantitative estimate of drug-likeness (QED) is 0.460. The molecular weight excluding hydrogens is 361 g/mol. The summed E-state index contributed by atoms with van der Waals surface area (Å²) in [6.07, 6.45) is 0. The Hall–Kier alpha value is 1.84. The molecule has 3 atom stereocenters. The number of hydrogen-bond donors (Lipinski definition) is 0. The van der Waals surface area contributed by atoms with E-state index in [1.165, 1.54) is 0 Å². The van der Waals surface area contributed by atoms with Crippen molar-refractivity contribution >= 4 is 79.1 Å². The Kier molecular flexibility index (Phi) is 12.0. The van der Waals surface area contributed by atoms with Gasteiger partial charge in [-0.1, -0.05) is 34.8 Å². The van der Waals surface area contributed by atoms with Crippen molar-refractivity contribution in [1.82, 2.24) is 0 Å². The maximum atomic E-state index is 5.67. The maximum Gasteiger partial charge on any atom is 0.581 e. The highest BCUT2D eigenvalue weighted by molar-refractivity contribution is 6.42. The third-order valence-electron chi connectivity index (χ3n) is 1.04. The maximum absolute atomic E-state index is 5.67. The third kappa shape index (κ3) is 8.86. The number of alkyl halides is 6. The summed E-state index contributed by atoms with van der Waals surface area (Å²) in [6, 6.07) is 0. The predicted molar refractivity (Wildman–Crippen MR) is 70.1 cm³/mol. The smallest absolute Gasteiger partial charge is 0.353 e. The van der Waals surface area contributed by atoms with Crippen LogP contribution in [0.4, 0.5) is 0 Å². The first-order valence-corrected chi connectivity index (χ1v) is 8.14. The van der Waals surface area contributed by atoms with Crippen molar-refractivity contribution in [3.05, 3.63) is 0 Å². The Bertz CT molecular complexity index is 150. The van der Waals surface area contributed by atoms with Gasteiger partial charge < -0.3 is 13.3 Å². The molecule has 0 rings (SSSR count). The van der Waals surface area contributed by atoms with Gasteiger partial charge in [0.2, 0.25) is 0 Å². The summed E-state index contributed by atoms with van der Waals surface area (Å²) in [5.41, 5.74) is -2.27. The number of hydrogen-bond acceptors (Lipinski definition) is 3. The predicted octanol–water partition coefficient (Wildman–Crippen LogP) is 3.43. The van der Waals surface area contributed by atoms with E-state index < -0.39 is 26.2 Å². The molecule has 0 aliphatic carbocycles. The van der Waals surface area contributed by atoms with Crippen LogP contribution in [0.25, 0.3) is 0 Å². The van der Waals surface area contributed by atoms with Gasteiger partial charge >= 0.3 is 9.53 Å². The highest BCUT2D eigenvalue weighted by Gasteiger charge is 2.29. The minimum absolute atomic E-state index is 0.0735. The van der Waals surface area contributed by atoms with Gasteiger partial charge in [0.15, 0.2) is 0 Å². The first kappa shape index (κ1) is 17.8. The molecular formula is C6H9Cl6O3Si. The molecule has 16 heavy (non-hydrogen) atoms.